The van der Waals surface area contributed by atoms with Crippen LogP contribution in [0.15, 0.2) is 5.10 Å². The molecule has 16 heteroatoms. The second-order valence-corrected chi connectivity index (χ2v) is 5.14. The molecule has 0 aromatic rings. The van der Waals surface area contributed by atoms with Gasteiger partial charge in [-0.25, -0.2) is 4.21 Å². The quantitative estimate of drug-likeness (QED) is 0.319. The minimum atomic E-state index is -3.05. The summed E-state index contributed by atoms with van der Waals surface area (Å²) >= 11 is -5.83. The first-order valence-corrected chi connectivity index (χ1v) is 6.75. The molecule has 0 aliphatic carbocycles. The minimum absolute atomic E-state index is 0.177. The van der Waals surface area contributed by atoms with E-state index in [0.29, 0.717) is 0 Å². The number of nitrogens with zero attached hydrogens (tertiary/aromatic N) is 5. The lowest BCUT2D eigenvalue weighted by molar-refractivity contribution is -0.678. The molecule has 1 aliphatic rings. The van der Waals surface area contributed by atoms with Crippen LogP contribution in [0.3, 0.4) is 0 Å². The van der Waals surface area contributed by atoms with Gasteiger partial charge >= 0.3 is 0 Å². The highest BCUT2D eigenvalue weighted by Gasteiger charge is 2.36. The molecule has 0 fully saturated rings. The Kier molecular flexibility index (Phi) is 5.53. The largest absolute Gasteiger partial charge is 0.759 e. The summed E-state index contributed by atoms with van der Waals surface area (Å²) in [6.07, 6.45) is -0.726. The first kappa shape index (κ1) is 16.5. The van der Waals surface area contributed by atoms with Crippen molar-refractivity contribution in [2.45, 2.75) is 12.5 Å². The molecule has 0 aromatic carbocycles. The molecule has 3 unspecified atom stereocenters. The average Bonchev–Trinajstić information content (AvgIpc) is 2.26. The highest BCUT2D eigenvalue weighted by molar-refractivity contribution is 7.95. The zero-order valence-electron chi connectivity index (χ0n) is 9.35. The number of nitro groups is 2. The van der Waals surface area contributed by atoms with Crippen molar-refractivity contribution in [3.63, 3.8) is 0 Å². The van der Waals surface area contributed by atoms with Crippen LogP contribution >= 0.6 is 0 Å². The molecular weight excluding hydrogens is 324 g/mol. The van der Waals surface area contributed by atoms with E-state index < -0.39 is 56.4 Å². The van der Waals surface area contributed by atoms with Crippen LogP contribution in [0.1, 0.15) is 6.42 Å². The van der Waals surface area contributed by atoms with Gasteiger partial charge in [0.1, 0.15) is 0 Å². The molecule has 0 spiro atoms. The van der Waals surface area contributed by atoms with Gasteiger partial charge in [0, 0.05) is 16.2 Å². The molecule has 2 N–H and O–H groups in total. The molecule has 3 atom stereocenters. The van der Waals surface area contributed by atoms with Crippen molar-refractivity contribution in [3.8, 4) is 0 Å². The van der Waals surface area contributed by atoms with Crippen LogP contribution in [0.2, 0.25) is 0 Å². The van der Waals surface area contributed by atoms with Crippen molar-refractivity contribution in [1.82, 2.24) is 15.2 Å². The number of rotatable bonds is 3. The smallest absolute Gasteiger partial charge is 0.276 e. The van der Waals surface area contributed by atoms with E-state index in [1.54, 1.807) is 5.53 Å². The third-order valence-corrected chi connectivity index (χ3v) is 3.27. The lowest BCUT2D eigenvalue weighted by Crippen LogP contribution is -2.55. The van der Waals surface area contributed by atoms with Crippen molar-refractivity contribution in [3.05, 3.63) is 20.2 Å². The van der Waals surface area contributed by atoms with Gasteiger partial charge in [0.2, 0.25) is 17.1 Å². The molecule has 20 heavy (non-hydrogen) atoms. The Morgan fingerprint density at radius 2 is 2.00 bits per heavy atom. The number of hydrogen-bond acceptors (Lipinski definition) is 9. The van der Waals surface area contributed by atoms with Gasteiger partial charge in [-0.3, -0.25) is 18.9 Å². The topological polar surface area (TPSA) is 195 Å². The molecule has 0 saturated carbocycles. The molecule has 0 bridgehead atoms. The van der Waals surface area contributed by atoms with Gasteiger partial charge < -0.3 is 14.7 Å². The van der Waals surface area contributed by atoms with E-state index >= 15 is 0 Å². The fraction of sp³-hybridized carbons (Fsp3) is 0.750. The standard InChI is InChI=1S/C4H8N6O8S2/c11-8(12)3-1-4(19(15)16)5-9(10(13)14)6-7(2-3)20(17)18/h3,6H,1-2H2,(H,15,16)(H,17,18)/p-1. The zero-order chi connectivity index (χ0) is 15.4. The number of hydrazine groups is 3. The van der Waals surface area contributed by atoms with E-state index in [2.05, 4.69) is 5.10 Å². The van der Waals surface area contributed by atoms with Crippen LogP contribution in [0, 0.1) is 20.2 Å². The summed E-state index contributed by atoms with van der Waals surface area (Å²) < 4.78 is 41.6. The lowest BCUT2D eigenvalue weighted by Gasteiger charge is -2.27. The highest BCUT2D eigenvalue weighted by Crippen LogP contribution is 2.09. The van der Waals surface area contributed by atoms with Gasteiger partial charge in [0.15, 0.2) is 0 Å². The van der Waals surface area contributed by atoms with Gasteiger partial charge in [-0.2, -0.15) is 0 Å². The summed E-state index contributed by atoms with van der Waals surface area (Å²) in [5, 5.41) is 22.2. The van der Waals surface area contributed by atoms with Crippen LogP contribution in [0.5, 0.6) is 0 Å². The van der Waals surface area contributed by atoms with Crippen LogP contribution in [0.25, 0.3) is 0 Å². The number of hydrazone groups is 1. The number of hydrogen-bond donors (Lipinski definition) is 2. The molecule has 0 amide bonds. The molecule has 14 nitrogen and oxygen atoms in total. The van der Waals surface area contributed by atoms with Gasteiger partial charge in [-0.05, 0) is 0 Å². The normalized spacial score (nSPS) is 24.2. The number of nitrogens with one attached hydrogen (secondary N) is 1. The maximum atomic E-state index is 10.9. The maximum absolute atomic E-state index is 10.9. The molecular formula is C4H7N6O8S2-. The first-order chi connectivity index (χ1) is 9.22. The lowest BCUT2D eigenvalue weighted by atomic mass is 10.2. The van der Waals surface area contributed by atoms with E-state index in [4.69, 9.17) is 4.55 Å². The second-order valence-electron chi connectivity index (χ2n) is 3.29. The van der Waals surface area contributed by atoms with Crippen molar-refractivity contribution < 1.29 is 27.5 Å². The van der Waals surface area contributed by atoms with Crippen molar-refractivity contribution >= 4 is 27.4 Å². The van der Waals surface area contributed by atoms with E-state index in [1.165, 1.54) is 0 Å². The summed E-state index contributed by atoms with van der Waals surface area (Å²) in [7, 11) is 0. The van der Waals surface area contributed by atoms with E-state index in [-0.39, 0.29) is 9.64 Å². The summed E-state index contributed by atoms with van der Waals surface area (Å²) in [5.41, 5.74) is 1.64. The van der Waals surface area contributed by atoms with Gasteiger partial charge in [0.05, 0.1) is 28.3 Å². The summed E-state index contributed by atoms with van der Waals surface area (Å²) in [4.78, 5) is 20.4. The van der Waals surface area contributed by atoms with Gasteiger partial charge in [0.25, 0.3) is 5.04 Å². The average molecular weight is 331 g/mol. The van der Waals surface area contributed by atoms with E-state index in [0.717, 1.165) is 0 Å². The molecule has 1 aliphatic heterocycles. The SMILES string of the molecule is O=[N+]([O-])C1CC(S(=O)O)=NN([N+](=O)[O-])NN(S(=O)[O-])C1. The maximum Gasteiger partial charge on any atom is 0.276 e. The molecule has 0 radical (unpaired) electrons. The fourth-order valence-corrected chi connectivity index (χ4v) is 2.10. The Hall–Kier alpha value is -1.59. The summed E-state index contributed by atoms with van der Waals surface area (Å²) in [6, 6.07) is -1.59. The predicted octanol–water partition coefficient (Wildman–Crippen LogP) is -2.42. The van der Waals surface area contributed by atoms with Crippen molar-refractivity contribution in [2.24, 2.45) is 5.10 Å². The molecule has 1 heterocycles. The van der Waals surface area contributed by atoms with Crippen molar-refractivity contribution in [2.75, 3.05) is 6.54 Å². The fourth-order valence-electron chi connectivity index (χ4n) is 1.18. The van der Waals surface area contributed by atoms with Gasteiger partial charge in [-0.15, -0.1) is 4.41 Å². The Balaban J connectivity index is 3.18. The second kappa shape index (κ2) is 6.72. The van der Waals surface area contributed by atoms with E-state index in [1.807, 2.05) is 0 Å². The third kappa shape index (κ3) is 4.21. The van der Waals surface area contributed by atoms with E-state index in [9.17, 15) is 33.2 Å². The van der Waals surface area contributed by atoms with Crippen molar-refractivity contribution in [1.29, 1.82) is 0 Å². The van der Waals surface area contributed by atoms with Crippen LogP contribution in [-0.4, -0.2) is 54.8 Å². The minimum Gasteiger partial charge on any atom is -0.759 e. The Labute approximate surface area is 115 Å². The monoisotopic (exact) mass is 331 g/mol. The first-order valence-electron chi connectivity index (χ1n) is 4.61. The highest BCUT2D eigenvalue weighted by atomic mass is 32.2. The van der Waals surface area contributed by atoms with Crippen LogP contribution < -0.4 is 5.53 Å². The summed E-state index contributed by atoms with van der Waals surface area (Å²) in [6.45, 7) is -0.788. The Bertz CT molecular complexity index is 495. The Morgan fingerprint density at radius 1 is 1.40 bits per heavy atom. The molecule has 114 valence electrons. The summed E-state index contributed by atoms with van der Waals surface area (Å²) in [5.74, 6) is 0. The Morgan fingerprint density at radius 3 is 2.40 bits per heavy atom. The predicted molar refractivity (Wildman–Crippen MR) is 61.2 cm³/mol. The molecule has 1 rings (SSSR count). The third-order valence-electron chi connectivity index (χ3n) is 2.03. The van der Waals surface area contributed by atoms with Crippen LogP contribution in [0.4, 0.5) is 0 Å². The molecule has 0 saturated heterocycles. The zero-order valence-corrected chi connectivity index (χ0v) is 11.0. The van der Waals surface area contributed by atoms with Crippen LogP contribution in [-0.2, 0) is 22.3 Å². The van der Waals surface area contributed by atoms with Gasteiger partial charge in [-0.1, -0.05) is 5.53 Å². The molecule has 0 aromatic heterocycles.